The molecule has 1 aromatic heterocycles. The summed E-state index contributed by atoms with van der Waals surface area (Å²) in [4.78, 5) is 21.9. The van der Waals surface area contributed by atoms with Crippen molar-refractivity contribution in [2.75, 3.05) is 52.4 Å². The van der Waals surface area contributed by atoms with Gasteiger partial charge in [0.1, 0.15) is 0 Å². The molecule has 8 heteroatoms. The Morgan fingerprint density at radius 3 is 2.52 bits per heavy atom. The molecule has 0 aliphatic carbocycles. The number of carbonyl (C=O) groups is 1. The lowest BCUT2D eigenvalue weighted by Crippen LogP contribution is -2.50. The first-order valence-corrected chi connectivity index (χ1v) is 10.3. The second-order valence-electron chi connectivity index (χ2n) is 7.33. The highest BCUT2D eigenvalue weighted by Crippen LogP contribution is 2.27. The molecule has 1 fully saturated rings. The van der Waals surface area contributed by atoms with Crippen LogP contribution in [0.4, 0.5) is 0 Å². The molecule has 2 rings (SSSR count). The van der Waals surface area contributed by atoms with Gasteiger partial charge < -0.3 is 15.5 Å². The van der Waals surface area contributed by atoms with Gasteiger partial charge in [0, 0.05) is 63.0 Å². The van der Waals surface area contributed by atoms with Gasteiger partial charge >= 0.3 is 0 Å². The molecule has 27 heavy (non-hydrogen) atoms. The molecule has 0 aromatic carbocycles. The number of carbonyl (C=O) groups excluding carboxylic acids is 1. The minimum Gasteiger partial charge on any atom is -0.357 e. The Balaban J connectivity index is 0.00000364. The van der Waals surface area contributed by atoms with Gasteiger partial charge in [-0.25, -0.2) is 0 Å². The van der Waals surface area contributed by atoms with E-state index in [2.05, 4.69) is 53.8 Å². The molecule has 1 aliphatic rings. The molecule has 1 aromatic rings. The molecule has 1 aliphatic heterocycles. The molecular formula is C19H34IN5OS. The summed E-state index contributed by atoms with van der Waals surface area (Å²) in [5.74, 6) is 1.05. The fourth-order valence-corrected chi connectivity index (χ4v) is 3.82. The average molecular weight is 507 g/mol. The third-order valence-electron chi connectivity index (χ3n) is 4.70. The first-order valence-electron chi connectivity index (χ1n) is 9.46. The van der Waals surface area contributed by atoms with Crippen LogP contribution in [0.2, 0.25) is 0 Å². The number of guanidine groups is 1. The van der Waals surface area contributed by atoms with Gasteiger partial charge in [-0.05, 0) is 18.4 Å². The van der Waals surface area contributed by atoms with Crippen LogP contribution in [-0.2, 0) is 10.2 Å². The number of piperazine rings is 1. The second-order valence-corrected chi connectivity index (χ2v) is 8.28. The van der Waals surface area contributed by atoms with Gasteiger partial charge in [-0.2, -0.15) is 0 Å². The van der Waals surface area contributed by atoms with Crippen LogP contribution in [0.25, 0.3) is 0 Å². The highest BCUT2D eigenvalue weighted by Gasteiger charge is 2.21. The summed E-state index contributed by atoms with van der Waals surface area (Å²) in [6.07, 6.45) is 0. The Labute approximate surface area is 184 Å². The number of halogens is 1. The third-order valence-corrected chi connectivity index (χ3v) is 5.94. The van der Waals surface area contributed by atoms with Crippen molar-refractivity contribution in [2.24, 2.45) is 4.99 Å². The highest BCUT2D eigenvalue weighted by molar-refractivity contribution is 14.0. The summed E-state index contributed by atoms with van der Waals surface area (Å²) in [6.45, 7) is 15.2. The summed E-state index contributed by atoms with van der Waals surface area (Å²) < 4.78 is 0. The first-order chi connectivity index (χ1) is 12.4. The largest absolute Gasteiger partial charge is 0.357 e. The zero-order valence-corrected chi connectivity index (χ0v) is 20.1. The predicted octanol–water partition coefficient (Wildman–Crippen LogP) is 2.36. The monoisotopic (exact) mass is 507 g/mol. The summed E-state index contributed by atoms with van der Waals surface area (Å²) in [5, 5.41) is 8.89. The van der Waals surface area contributed by atoms with Crippen molar-refractivity contribution < 1.29 is 4.79 Å². The van der Waals surface area contributed by atoms with Crippen LogP contribution in [0.1, 0.15) is 32.6 Å². The van der Waals surface area contributed by atoms with E-state index in [1.54, 1.807) is 18.3 Å². The van der Waals surface area contributed by atoms with Gasteiger partial charge in [0.05, 0.1) is 6.54 Å². The smallest absolute Gasteiger partial charge is 0.219 e. The Morgan fingerprint density at radius 2 is 1.96 bits per heavy atom. The lowest BCUT2D eigenvalue weighted by molar-refractivity contribution is -0.130. The molecule has 0 radical (unpaired) electrons. The van der Waals surface area contributed by atoms with Crippen LogP contribution in [0.5, 0.6) is 0 Å². The highest BCUT2D eigenvalue weighted by atomic mass is 127. The fourth-order valence-electron chi connectivity index (χ4n) is 2.98. The van der Waals surface area contributed by atoms with Crippen molar-refractivity contribution >= 4 is 47.2 Å². The number of rotatable bonds is 7. The van der Waals surface area contributed by atoms with Crippen molar-refractivity contribution in [1.29, 1.82) is 0 Å². The molecule has 1 saturated heterocycles. The molecule has 0 saturated carbocycles. The van der Waals surface area contributed by atoms with Crippen molar-refractivity contribution in [3.63, 3.8) is 0 Å². The molecule has 0 unspecified atom stereocenters. The number of hydrogen-bond acceptors (Lipinski definition) is 4. The number of nitrogens with zero attached hydrogens (tertiary/aromatic N) is 3. The first kappa shape index (κ1) is 24.2. The van der Waals surface area contributed by atoms with Crippen molar-refractivity contribution in [1.82, 2.24) is 20.4 Å². The zero-order valence-electron chi connectivity index (χ0n) is 17.0. The van der Waals surface area contributed by atoms with Gasteiger partial charge in [-0.3, -0.25) is 14.7 Å². The average Bonchev–Trinajstić information content (AvgIpc) is 3.16. The molecule has 0 bridgehead atoms. The molecular weight excluding hydrogens is 473 g/mol. The maximum Gasteiger partial charge on any atom is 0.219 e. The van der Waals surface area contributed by atoms with E-state index < -0.39 is 0 Å². The number of nitrogens with one attached hydrogen (secondary N) is 2. The zero-order chi connectivity index (χ0) is 19.0. The Kier molecular flexibility index (Phi) is 10.6. The number of aliphatic imine (C=N–C) groups is 1. The molecule has 154 valence electrons. The number of hydrogen-bond donors (Lipinski definition) is 2. The van der Waals surface area contributed by atoms with E-state index >= 15 is 0 Å². The summed E-state index contributed by atoms with van der Waals surface area (Å²) in [6, 6.07) is 4.28. The van der Waals surface area contributed by atoms with Gasteiger partial charge in [-0.15, -0.1) is 35.3 Å². The topological polar surface area (TPSA) is 60.0 Å². The number of thiophene rings is 1. The Bertz CT molecular complexity index is 583. The van der Waals surface area contributed by atoms with Crippen molar-refractivity contribution in [3.8, 4) is 0 Å². The van der Waals surface area contributed by atoms with Crippen LogP contribution in [0, 0.1) is 0 Å². The van der Waals surface area contributed by atoms with Crippen LogP contribution in [-0.4, -0.2) is 74.0 Å². The molecule has 6 nitrogen and oxygen atoms in total. The molecule has 2 heterocycles. The summed E-state index contributed by atoms with van der Waals surface area (Å²) in [7, 11) is 0. The maximum absolute atomic E-state index is 11.4. The van der Waals surface area contributed by atoms with Crippen molar-refractivity contribution in [2.45, 2.75) is 33.1 Å². The van der Waals surface area contributed by atoms with Crippen LogP contribution < -0.4 is 10.6 Å². The van der Waals surface area contributed by atoms with Crippen LogP contribution in [0.3, 0.4) is 0 Å². The summed E-state index contributed by atoms with van der Waals surface area (Å²) in [5.41, 5.74) is 0.0412. The SMILES string of the molecule is CCNC(=NCC(C)(C)c1cccs1)NCCN1CCN(C(C)=O)CC1.I. The van der Waals surface area contributed by atoms with Gasteiger partial charge in [0.2, 0.25) is 5.91 Å². The third kappa shape index (κ3) is 7.95. The van der Waals surface area contributed by atoms with E-state index in [0.717, 1.165) is 58.3 Å². The minimum atomic E-state index is 0. The second kappa shape index (κ2) is 11.9. The number of amides is 1. The summed E-state index contributed by atoms with van der Waals surface area (Å²) >= 11 is 1.79. The van der Waals surface area contributed by atoms with Crippen molar-refractivity contribution in [3.05, 3.63) is 22.4 Å². The molecule has 1 amide bonds. The fraction of sp³-hybridized carbons (Fsp3) is 0.684. The van der Waals surface area contributed by atoms with Crippen LogP contribution in [0.15, 0.2) is 22.5 Å². The normalized spacial score (nSPS) is 16.0. The molecule has 0 atom stereocenters. The lowest BCUT2D eigenvalue weighted by Gasteiger charge is -2.34. The quantitative estimate of drug-likeness (QED) is 0.338. The molecule has 2 N–H and O–H groups in total. The van der Waals surface area contributed by atoms with Gasteiger partial charge in [0.15, 0.2) is 5.96 Å². The van der Waals surface area contributed by atoms with E-state index in [1.165, 1.54) is 4.88 Å². The van der Waals surface area contributed by atoms with Crippen LogP contribution >= 0.6 is 35.3 Å². The van der Waals surface area contributed by atoms with E-state index in [-0.39, 0.29) is 35.3 Å². The standard InChI is InChI=1S/C19H33N5OS.HI/c1-5-20-18(22-15-19(3,4)17-7-6-14-26-17)21-8-9-23-10-12-24(13-11-23)16(2)25;/h6-7,14H,5,8-13,15H2,1-4H3,(H2,20,21,22);1H. The van der Waals surface area contributed by atoms with E-state index in [4.69, 9.17) is 4.99 Å². The van der Waals surface area contributed by atoms with Gasteiger partial charge in [0.25, 0.3) is 0 Å². The Morgan fingerprint density at radius 1 is 1.26 bits per heavy atom. The molecule has 0 spiro atoms. The van der Waals surface area contributed by atoms with Gasteiger partial charge in [-0.1, -0.05) is 19.9 Å². The Hall–Kier alpha value is -0.870. The maximum atomic E-state index is 11.4. The van der Waals surface area contributed by atoms with E-state index in [1.807, 2.05) is 4.90 Å². The minimum absolute atomic E-state index is 0. The van der Waals surface area contributed by atoms with E-state index in [9.17, 15) is 4.79 Å². The predicted molar refractivity (Wildman–Crippen MR) is 125 cm³/mol. The van der Waals surface area contributed by atoms with E-state index in [0.29, 0.717) is 0 Å². The lowest BCUT2D eigenvalue weighted by atomic mass is 9.92.